The van der Waals surface area contributed by atoms with Crippen LogP contribution in [0.3, 0.4) is 0 Å². The van der Waals surface area contributed by atoms with Gasteiger partial charge in [0.25, 0.3) is 11.8 Å². The zero-order valence-electron chi connectivity index (χ0n) is 21.9. The molecule has 11 heteroatoms. The van der Waals surface area contributed by atoms with Crippen LogP contribution in [0.2, 0.25) is 0 Å². The number of fused-ring (bicyclic) bond motifs is 1. The summed E-state index contributed by atoms with van der Waals surface area (Å²) < 4.78 is 3.16. The summed E-state index contributed by atoms with van der Waals surface area (Å²) in [5, 5.41) is 10.2. The molecular formula is C27H31N7O3S. The second kappa shape index (κ2) is 10.1. The van der Waals surface area contributed by atoms with Crippen LogP contribution in [0.1, 0.15) is 53.1 Å². The first-order valence-electron chi connectivity index (χ1n) is 12.6. The van der Waals surface area contributed by atoms with Gasteiger partial charge in [-0.15, -0.1) is 11.3 Å². The topological polar surface area (TPSA) is 114 Å². The van der Waals surface area contributed by atoms with Crippen LogP contribution in [0.5, 0.6) is 0 Å². The van der Waals surface area contributed by atoms with Gasteiger partial charge in [0, 0.05) is 55.9 Å². The van der Waals surface area contributed by atoms with Crippen molar-refractivity contribution >= 4 is 33.7 Å². The van der Waals surface area contributed by atoms with Crippen molar-refractivity contribution in [3.05, 3.63) is 70.2 Å². The molecule has 5 rings (SSSR count). The third-order valence-corrected chi connectivity index (χ3v) is 8.31. The minimum absolute atomic E-state index is 0.0921. The quantitative estimate of drug-likeness (QED) is 0.377. The normalized spacial score (nSPS) is 15.2. The van der Waals surface area contributed by atoms with E-state index in [0.29, 0.717) is 33.9 Å². The molecule has 0 saturated carbocycles. The highest BCUT2D eigenvalue weighted by atomic mass is 32.1. The fraction of sp³-hybridized carbons (Fsp3) is 0.370. The molecule has 1 aliphatic heterocycles. The van der Waals surface area contributed by atoms with Crippen LogP contribution in [0.4, 0.5) is 5.69 Å². The van der Waals surface area contributed by atoms with E-state index < -0.39 is 0 Å². The van der Waals surface area contributed by atoms with Gasteiger partial charge in [0.1, 0.15) is 4.83 Å². The number of nitrogens with one attached hydrogen (secondary N) is 2. The van der Waals surface area contributed by atoms with E-state index in [4.69, 9.17) is 0 Å². The van der Waals surface area contributed by atoms with E-state index in [1.54, 1.807) is 36.8 Å². The van der Waals surface area contributed by atoms with Crippen molar-refractivity contribution in [1.82, 2.24) is 29.4 Å². The molecule has 2 amide bonds. The molecule has 4 aromatic rings. The van der Waals surface area contributed by atoms with Crippen molar-refractivity contribution in [2.75, 3.05) is 25.0 Å². The van der Waals surface area contributed by atoms with Crippen LogP contribution < -0.4 is 16.2 Å². The number of nitrogens with zero attached hydrogens (tertiary/aromatic N) is 5. The SMILES string of the molecule is Cc1ncc(C(=O)NCCN2CCCC2(C)C)cc1NC(=O)c1cnn2cc(-c3ccc(=O)n(C)c3)sc12. The highest BCUT2D eigenvalue weighted by Gasteiger charge is 2.31. The average Bonchev–Trinajstić information content (AvgIpc) is 3.56. The molecule has 198 valence electrons. The molecule has 0 radical (unpaired) electrons. The number of pyridine rings is 2. The summed E-state index contributed by atoms with van der Waals surface area (Å²) in [6.07, 6.45) is 8.97. The van der Waals surface area contributed by atoms with E-state index in [0.717, 1.165) is 30.0 Å². The molecule has 0 atom stereocenters. The van der Waals surface area contributed by atoms with E-state index in [1.165, 1.54) is 40.8 Å². The fourth-order valence-electron chi connectivity index (χ4n) is 4.77. The molecule has 0 unspecified atom stereocenters. The second-order valence-corrected chi connectivity index (χ2v) is 11.3. The van der Waals surface area contributed by atoms with E-state index in [-0.39, 0.29) is 22.9 Å². The predicted molar refractivity (Wildman–Crippen MR) is 148 cm³/mol. The third-order valence-electron chi connectivity index (χ3n) is 7.15. The summed E-state index contributed by atoms with van der Waals surface area (Å²) in [5.41, 5.74) is 2.81. The third kappa shape index (κ3) is 5.11. The fourth-order valence-corrected chi connectivity index (χ4v) is 5.82. The Morgan fingerprint density at radius 2 is 1.97 bits per heavy atom. The van der Waals surface area contributed by atoms with Gasteiger partial charge in [-0.1, -0.05) is 0 Å². The molecule has 10 nitrogen and oxygen atoms in total. The lowest BCUT2D eigenvalue weighted by Crippen LogP contribution is -2.43. The highest BCUT2D eigenvalue weighted by molar-refractivity contribution is 7.21. The molecule has 0 aromatic carbocycles. The van der Waals surface area contributed by atoms with Gasteiger partial charge < -0.3 is 15.2 Å². The molecule has 0 aliphatic carbocycles. The lowest BCUT2D eigenvalue weighted by Gasteiger charge is -2.31. The minimum atomic E-state index is -0.340. The summed E-state index contributed by atoms with van der Waals surface area (Å²) in [6.45, 7) is 8.63. The van der Waals surface area contributed by atoms with Crippen molar-refractivity contribution in [3.63, 3.8) is 0 Å². The Labute approximate surface area is 224 Å². The number of rotatable bonds is 7. The summed E-state index contributed by atoms with van der Waals surface area (Å²) in [5.74, 6) is -0.564. The highest BCUT2D eigenvalue weighted by Crippen LogP contribution is 2.30. The molecule has 1 saturated heterocycles. The summed E-state index contributed by atoms with van der Waals surface area (Å²) >= 11 is 1.41. The van der Waals surface area contributed by atoms with Gasteiger partial charge in [-0.3, -0.25) is 24.3 Å². The molecule has 0 bridgehead atoms. The van der Waals surface area contributed by atoms with Gasteiger partial charge >= 0.3 is 0 Å². The first-order chi connectivity index (χ1) is 18.1. The number of carbonyl (C=O) groups is 2. The monoisotopic (exact) mass is 533 g/mol. The Morgan fingerprint density at radius 3 is 2.71 bits per heavy atom. The maximum absolute atomic E-state index is 13.2. The molecule has 2 N–H and O–H groups in total. The standard InChI is InChI=1S/C27H31N7O3S/c1-17-21(12-19(13-29-17)24(36)28-9-11-33-10-5-8-27(33,2)3)31-25(37)20-14-30-34-16-22(38-26(20)34)18-6-7-23(35)32(4)15-18/h6-7,12-16H,5,8-11H2,1-4H3,(H,28,36)(H,31,37). The Kier molecular flexibility index (Phi) is 6.89. The van der Waals surface area contributed by atoms with Crippen molar-refractivity contribution in [1.29, 1.82) is 0 Å². The molecule has 38 heavy (non-hydrogen) atoms. The number of thiazole rings is 1. The van der Waals surface area contributed by atoms with Crippen molar-refractivity contribution in [3.8, 4) is 10.4 Å². The maximum atomic E-state index is 13.2. The van der Waals surface area contributed by atoms with Crippen LogP contribution in [-0.4, -0.2) is 61.1 Å². The molecule has 0 spiro atoms. The second-order valence-electron chi connectivity index (χ2n) is 10.2. The van der Waals surface area contributed by atoms with Gasteiger partial charge in [0.2, 0.25) is 5.56 Å². The van der Waals surface area contributed by atoms with Gasteiger partial charge in [-0.05, 0) is 52.3 Å². The van der Waals surface area contributed by atoms with E-state index in [9.17, 15) is 14.4 Å². The Hall–Kier alpha value is -3.83. The van der Waals surface area contributed by atoms with E-state index in [2.05, 4.69) is 39.5 Å². The number of aromatic nitrogens is 4. The van der Waals surface area contributed by atoms with Crippen LogP contribution in [0, 0.1) is 6.92 Å². The predicted octanol–water partition coefficient (Wildman–Crippen LogP) is 3.32. The minimum Gasteiger partial charge on any atom is -0.351 e. The van der Waals surface area contributed by atoms with E-state index in [1.807, 2.05) is 6.20 Å². The molecule has 1 fully saturated rings. The van der Waals surface area contributed by atoms with E-state index >= 15 is 0 Å². The smallest absolute Gasteiger partial charge is 0.260 e. The van der Waals surface area contributed by atoms with Gasteiger partial charge in [-0.25, -0.2) is 4.52 Å². The zero-order valence-corrected chi connectivity index (χ0v) is 22.8. The molecular weight excluding hydrogens is 502 g/mol. The van der Waals surface area contributed by atoms with Gasteiger partial charge in [0.15, 0.2) is 0 Å². The summed E-state index contributed by atoms with van der Waals surface area (Å²) in [6, 6.07) is 4.92. The van der Waals surface area contributed by atoms with Crippen molar-refractivity contribution in [2.45, 2.75) is 39.2 Å². The number of carbonyl (C=O) groups excluding carboxylic acids is 2. The van der Waals surface area contributed by atoms with Crippen LogP contribution in [0.15, 0.2) is 47.8 Å². The maximum Gasteiger partial charge on any atom is 0.260 e. The number of aryl methyl sites for hydroxylation is 2. The first kappa shape index (κ1) is 25.8. The summed E-state index contributed by atoms with van der Waals surface area (Å²) in [7, 11) is 1.70. The largest absolute Gasteiger partial charge is 0.351 e. The number of hydrogen-bond donors (Lipinski definition) is 2. The van der Waals surface area contributed by atoms with Crippen LogP contribution in [0.25, 0.3) is 15.3 Å². The zero-order chi connectivity index (χ0) is 27.0. The Bertz CT molecular complexity index is 1580. The molecule has 5 heterocycles. The van der Waals surface area contributed by atoms with Gasteiger partial charge in [-0.2, -0.15) is 5.10 Å². The number of hydrogen-bond acceptors (Lipinski definition) is 7. The lowest BCUT2D eigenvalue weighted by atomic mass is 10.0. The van der Waals surface area contributed by atoms with Crippen molar-refractivity contribution < 1.29 is 9.59 Å². The summed E-state index contributed by atoms with van der Waals surface area (Å²) in [4.78, 5) is 46.0. The van der Waals surface area contributed by atoms with Crippen LogP contribution in [-0.2, 0) is 7.05 Å². The Balaban J connectivity index is 1.28. The average molecular weight is 534 g/mol. The lowest BCUT2D eigenvalue weighted by molar-refractivity contribution is 0.0938. The van der Waals surface area contributed by atoms with Gasteiger partial charge in [0.05, 0.1) is 33.6 Å². The Morgan fingerprint density at radius 1 is 1.16 bits per heavy atom. The number of anilines is 1. The molecule has 1 aliphatic rings. The van der Waals surface area contributed by atoms with Crippen LogP contribution >= 0.6 is 11.3 Å². The first-order valence-corrected chi connectivity index (χ1v) is 13.4. The van der Waals surface area contributed by atoms with Crippen molar-refractivity contribution in [2.24, 2.45) is 7.05 Å². The number of likely N-dealkylation sites (tertiary alicyclic amines) is 1. The molecule has 4 aromatic heterocycles. The number of amides is 2.